The van der Waals surface area contributed by atoms with Crippen molar-refractivity contribution in [3.8, 4) is 17.2 Å². The molecule has 1 aromatic heterocycles. The first-order valence-corrected chi connectivity index (χ1v) is 8.42. The van der Waals surface area contributed by atoms with E-state index in [-0.39, 0.29) is 11.5 Å². The zero-order valence-electron chi connectivity index (χ0n) is 15.9. The van der Waals surface area contributed by atoms with Crippen LogP contribution in [0.3, 0.4) is 0 Å². The highest BCUT2D eigenvalue weighted by atomic mass is 16.5. The molecule has 1 N–H and O–H groups in total. The number of nitrogens with one attached hydrogen (secondary N) is 1. The number of ether oxygens (including phenoxy) is 3. The summed E-state index contributed by atoms with van der Waals surface area (Å²) in [6.07, 6.45) is 3.12. The normalized spacial score (nSPS) is 10.7. The molecule has 0 saturated heterocycles. The molecule has 144 valence electrons. The maximum absolute atomic E-state index is 12.1. The molecule has 2 aromatic rings. The van der Waals surface area contributed by atoms with Gasteiger partial charge in [0.25, 0.3) is 5.56 Å². The first-order valence-electron chi connectivity index (χ1n) is 8.42. The minimum atomic E-state index is -0.246. The van der Waals surface area contributed by atoms with Crippen LogP contribution in [0.1, 0.15) is 11.3 Å². The van der Waals surface area contributed by atoms with Crippen LogP contribution >= 0.6 is 0 Å². The van der Waals surface area contributed by atoms with E-state index in [0.29, 0.717) is 30.3 Å². The van der Waals surface area contributed by atoms with Crippen LogP contribution < -0.4 is 25.1 Å². The van der Waals surface area contributed by atoms with E-state index in [0.717, 1.165) is 11.3 Å². The van der Waals surface area contributed by atoms with Gasteiger partial charge in [0.1, 0.15) is 5.75 Å². The Bertz CT molecular complexity index is 886. The van der Waals surface area contributed by atoms with E-state index < -0.39 is 0 Å². The van der Waals surface area contributed by atoms with Gasteiger partial charge in [0.2, 0.25) is 5.91 Å². The molecule has 0 radical (unpaired) electrons. The molecule has 0 aliphatic carbocycles. The summed E-state index contributed by atoms with van der Waals surface area (Å²) in [6, 6.07) is 8.58. The first kappa shape index (κ1) is 20.1. The molecule has 0 aliphatic rings. The average Bonchev–Trinajstić information content (AvgIpc) is 2.67. The molecular formula is C20H24N2O5. The molecule has 7 nitrogen and oxygen atoms in total. The lowest BCUT2D eigenvalue weighted by Gasteiger charge is -2.11. The molecule has 0 atom stereocenters. The van der Waals surface area contributed by atoms with Crippen molar-refractivity contribution >= 4 is 12.0 Å². The van der Waals surface area contributed by atoms with Gasteiger partial charge in [-0.25, -0.2) is 0 Å². The zero-order chi connectivity index (χ0) is 19.8. The molecule has 0 spiro atoms. The van der Waals surface area contributed by atoms with Crippen molar-refractivity contribution in [1.29, 1.82) is 0 Å². The van der Waals surface area contributed by atoms with E-state index in [9.17, 15) is 9.59 Å². The summed E-state index contributed by atoms with van der Waals surface area (Å²) in [5.74, 6) is 1.49. The quantitative estimate of drug-likeness (QED) is 0.717. The number of nitrogens with zero attached hydrogens (tertiary/aromatic N) is 1. The molecule has 0 aliphatic heterocycles. The predicted octanol–water partition coefficient (Wildman–Crippen LogP) is 2.01. The van der Waals surface area contributed by atoms with Crippen LogP contribution in [-0.2, 0) is 11.3 Å². The number of benzene rings is 1. The average molecular weight is 372 g/mol. The van der Waals surface area contributed by atoms with Crippen LogP contribution in [0, 0.1) is 6.92 Å². The molecule has 1 amide bonds. The zero-order valence-corrected chi connectivity index (χ0v) is 15.9. The standard InChI is InChI=1S/C20H24N2O5/c1-14-11-16(25-2)13-20(24)22(14)10-9-21-19(23)8-6-15-5-7-17(26-3)18(12-15)27-4/h5-8,11-13H,9-10H2,1-4H3,(H,21,23). The van der Waals surface area contributed by atoms with E-state index in [1.165, 1.54) is 19.3 Å². The molecule has 2 rings (SSSR count). The van der Waals surface area contributed by atoms with Gasteiger partial charge in [-0.2, -0.15) is 0 Å². The Balaban J connectivity index is 1.93. The number of rotatable bonds is 8. The molecule has 0 unspecified atom stereocenters. The summed E-state index contributed by atoms with van der Waals surface area (Å²) < 4.78 is 17.1. The van der Waals surface area contributed by atoms with E-state index in [1.807, 2.05) is 13.0 Å². The number of hydrogen-bond acceptors (Lipinski definition) is 5. The number of amides is 1. The van der Waals surface area contributed by atoms with E-state index >= 15 is 0 Å². The molecule has 27 heavy (non-hydrogen) atoms. The van der Waals surface area contributed by atoms with Gasteiger partial charge < -0.3 is 24.1 Å². The minimum Gasteiger partial charge on any atom is -0.496 e. The summed E-state index contributed by atoms with van der Waals surface area (Å²) in [5, 5.41) is 2.76. The van der Waals surface area contributed by atoms with Gasteiger partial charge in [-0.3, -0.25) is 9.59 Å². The molecule has 1 heterocycles. The van der Waals surface area contributed by atoms with Gasteiger partial charge in [-0.1, -0.05) is 6.07 Å². The van der Waals surface area contributed by atoms with Crippen molar-refractivity contribution in [1.82, 2.24) is 9.88 Å². The van der Waals surface area contributed by atoms with Crippen molar-refractivity contribution in [3.63, 3.8) is 0 Å². The number of carbonyl (C=O) groups excluding carboxylic acids is 1. The Morgan fingerprint density at radius 3 is 2.44 bits per heavy atom. The summed E-state index contributed by atoms with van der Waals surface area (Å²) in [7, 11) is 4.64. The van der Waals surface area contributed by atoms with Gasteiger partial charge in [-0.05, 0) is 36.8 Å². The number of hydrogen-bond donors (Lipinski definition) is 1. The van der Waals surface area contributed by atoms with Crippen LogP contribution in [-0.4, -0.2) is 38.3 Å². The molecule has 0 fully saturated rings. The maximum Gasteiger partial charge on any atom is 0.254 e. The number of pyridine rings is 1. The summed E-state index contributed by atoms with van der Waals surface area (Å²) >= 11 is 0. The van der Waals surface area contributed by atoms with Gasteiger partial charge in [-0.15, -0.1) is 0 Å². The Labute approximate surface area is 158 Å². The van der Waals surface area contributed by atoms with E-state index in [4.69, 9.17) is 14.2 Å². The monoisotopic (exact) mass is 372 g/mol. The third-order valence-electron chi connectivity index (χ3n) is 4.01. The highest BCUT2D eigenvalue weighted by molar-refractivity contribution is 5.91. The van der Waals surface area contributed by atoms with Gasteiger partial charge in [0.15, 0.2) is 11.5 Å². The first-order chi connectivity index (χ1) is 13.0. The highest BCUT2D eigenvalue weighted by Crippen LogP contribution is 2.27. The molecule has 0 bridgehead atoms. The lowest BCUT2D eigenvalue weighted by atomic mass is 10.2. The van der Waals surface area contributed by atoms with E-state index in [2.05, 4.69) is 5.32 Å². The number of aryl methyl sites for hydroxylation is 1. The second-order valence-electron chi connectivity index (χ2n) is 5.77. The molecular weight excluding hydrogens is 348 g/mol. The van der Waals surface area contributed by atoms with E-state index in [1.54, 1.807) is 43.1 Å². The summed E-state index contributed by atoms with van der Waals surface area (Å²) in [5.41, 5.74) is 1.42. The van der Waals surface area contributed by atoms with Crippen LogP contribution in [0.4, 0.5) is 0 Å². The van der Waals surface area contributed by atoms with Crippen molar-refractivity contribution in [2.45, 2.75) is 13.5 Å². The second kappa shape index (κ2) is 9.47. The van der Waals surface area contributed by atoms with Crippen LogP contribution in [0.25, 0.3) is 6.08 Å². The number of carbonyl (C=O) groups is 1. The minimum absolute atomic E-state index is 0.165. The SMILES string of the molecule is COc1cc(C)n(CCNC(=O)C=Cc2ccc(OC)c(OC)c2)c(=O)c1. The molecule has 0 saturated carbocycles. The maximum atomic E-state index is 12.1. The fraction of sp³-hybridized carbons (Fsp3) is 0.300. The topological polar surface area (TPSA) is 78.8 Å². The van der Waals surface area contributed by atoms with Crippen molar-refractivity contribution < 1.29 is 19.0 Å². The second-order valence-corrected chi connectivity index (χ2v) is 5.77. The van der Waals surface area contributed by atoms with Gasteiger partial charge >= 0.3 is 0 Å². The van der Waals surface area contributed by atoms with Crippen molar-refractivity contribution in [2.24, 2.45) is 0 Å². The Kier molecular flexibility index (Phi) is 7.05. The van der Waals surface area contributed by atoms with Crippen LogP contribution in [0.15, 0.2) is 41.2 Å². The van der Waals surface area contributed by atoms with Gasteiger partial charge in [0, 0.05) is 30.9 Å². The van der Waals surface area contributed by atoms with Crippen LogP contribution in [0.2, 0.25) is 0 Å². The lowest BCUT2D eigenvalue weighted by molar-refractivity contribution is -0.116. The fourth-order valence-electron chi connectivity index (χ4n) is 2.58. The Morgan fingerprint density at radius 2 is 1.81 bits per heavy atom. The smallest absolute Gasteiger partial charge is 0.254 e. The third-order valence-corrected chi connectivity index (χ3v) is 4.01. The summed E-state index contributed by atoms with van der Waals surface area (Å²) in [4.78, 5) is 24.0. The van der Waals surface area contributed by atoms with Gasteiger partial charge in [0.05, 0.1) is 21.3 Å². The summed E-state index contributed by atoms with van der Waals surface area (Å²) in [6.45, 7) is 2.54. The largest absolute Gasteiger partial charge is 0.496 e. The van der Waals surface area contributed by atoms with Crippen molar-refractivity contribution in [2.75, 3.05) is 27.9 Å². The Morgan fingerprint density at radius 1 is 1.07 bits per heavy atom. The predicted molar refractivity (Wildman–Crippen MR) is 104 cm³/mol. The number of aromatic nitrogens is 1. The number of methoxy groups -OCH3 is 3. The molecule has 1 aromatic carbocycles. The van der Waals surface area contributed by atoms with Crippen LogP contribution in [0.5, 0.6) is 17.2 Å². The molecule has 7 heteroatoms. The Hall–Kier alpha value is -3.22. The lowest BCUT2D eigenvalue weighted by Crippen LogP contribution is -2.30. The third kappa shape index (κ3) is 5.37. The highest BCUT2D eigenvalue weighted by Gasteiger charge is 2.05. The van der Waals surface area contributed by atoms with Crippen molar-refractivity contribution in [3.05, 3.63) is 58.0 Å². The fourth-order valence-corrected chi connectivity index (χ4v) is 2.58.